The highest BCUT2D eigenvalue weighted by atomic mass is 19.4. The Morgan fingerprint density at radius 2 is 2.19 bits per heavy atom. The van der Waals surface area contributed by atoms with E-state index >= 15 is 0 Å². The van der Waals surface area contributed by atoms with Gasteiger partial charge in [-0.25, -0.2) is 4.68 Å². The molecule has 26 heavy (non-hydrogen) atoms. The number of halogens is 3. The smallest absolute Gasteiger partial charge is 0.368 e. The first-order chi connectivity index (χ1) is 12.3. The number of nitrogens with zero attached hydrogens (tertiary/aromatic N) is 4. The average molecular weight is 368 g/mol. The molecular weight excluding hydrogens is 349 g/mol. The Bertz CT molecular complexity index is 800. The van der Waals surface area contributed by atoms with Crippen molar-refractivity contribution >= 4 is 11.7 Å². The predicted molar refractivity (Wildman–Crippen MR) is 86.6 cm³/mol. The molecule has 7 nitrogen and oxygen atoms in total. The number of hydrogen-bond donors (Lipinski definition) is 2. The third-order valence-corrected chi connectivity index (χ3v) is 4.99. The van der Waals surface area contributed by atoms with Gasteiger partial charge in [-0.05, 0) is 32.3 Å². The van der Waals surface area contributed by atoms with Gasteiger partial charge in [-0.3, -0.25) is 9.89 Å². The van der Waals surface area contributed by atoms with Crippen LogP contribution in [0.1, 0.15) is 54.5 Å². The highest BCUT2D eigenvalue weighted by molar-refractivity contribution is 5.92. The Kier molecular flexibility index (Phi) is 3.92. The standard InChI is InChI=1S/C16H19F3N6O/c1-9-7-13(16(17,18)19)25-14(21-9)8-11(23-25)12-3-2-6-24(12)15(26)10-4-5-20-22-10/h4-5,8-9,12-13,21H,2-3,6-7H2,1H3,(H,20,22)/t9-,12?,13-/m1/s1. The predicted octanol–water partition coefficient (Wildman–Crippen LogP) is 2.89. The van der Waals surface area contributed by atoms with Crippen LogP contribution in [-0.4, -0.2) is 49.5 Å². The fourth-order valence-electron chi connectivity index (χ4n) is 3.79. The molecule has 1 fully saturated rings. The minimum Gasteiger partial charge on any atom is -0.368 e. The molecule has 1 saturated heterocycles. The molecule has 3 atom stereocenters. The Morgan fingerprint density at radius 1 is 1.38 bits per heavy atom. The normalized spacial score (nSPS) is 25.8. The van der Waals surface area contributed by atoms with Gasteiger partial charge in [-0.2, -0.15) is 23.4 Å². The first kappa shape index (κ1) is 16.9. The lowest BCUT2D eigenvalue weighted by Gasteiger charge is -2.31. The number of H-pyrrole nitrogens is 1. The SMILES string of the molecule is C[C@@H]1C[C@H](C(F)(F)F)n2nc(C3CCCN3C(=O)c3ccn[nH]3)cc2N1. The summed E-state index contributed by atoms with van der Waals surface area (Å²) >= 11 is 0. The van der Waals surface area contributed by atoms with Crippen LogP contribution in [0.15, 0.2) is 18.3 Å². The van der Waals surface area contributed by atoms with Gasteiger partial charge in [0.2, 0.25) is 0 Å². The van der Waals surface area contributed by atoms with E-state index in [9.17, 15) is 18.0 Å². The van der Waals surface area contributed by atoms with E-state index in [0.717, 1.165) is 11.1 Å². The highest BCUT2D eigenvalue weighted by Gasteiger charge is 2.46. The van der Waals surface area contributed by atoms with Gasteiger partial charge < -0.3 is 10.2 Å². The van der Waals surface area contributed by atoms with Crippen LogP contribution in [0.25, 0.3) is 0 Å². The van der Waals surface area contributed by atoms with Gasteiger partial charge in [0.15, 0.2) is 6.04 Å². The van der Waals surface area contributed by atoms with E-state index in [4.69, 9.17) is 0 Å². The van der Waals surface area contributed by atoms with Crippen LogP contribution in [0.3, 0.4) is 0 Å². The molecule has 2 aromatic heterocycles. The van der Waals surface area contributed by atoms with Crippen LogP contribution in [-0.2, 0) is 0 Å². The fourth-order valence-corrected chi connectivity index (χ4v) is 3.79. The molecular formula is C16H19F3N6O. The number of amides is 1. The number of likely N-dealkylation sites (tertiary alicyclic amines) is 1. The quantitative estimate of drug-likeness (QED) is 0.854. The van der Waals surface area contributed by atoms with Crippen molar-refractivity contribution < 1.29 is 18.0 Å². The minimum absolute atomic E-state index is 0.0704. The van der Waals surface area contributed by atoms with Gasteiger partial charge in [0, 0.05) is 24.8 Å². The molecule has 0 radical (unpaired) electrons. The monoisotopic (exact) mass is 368 g/mol. The van der Waals surface area contributed by atoms with Crippen molar-refractivity contribution in [1.29, 1.82) is 0 Å². The largest absolute Gasteiger partial charge is 0.410 e. The molecule has 10 heteroatoms. The molecule has 0 bridgehead atoms. The molecule has 1 amide bonds. The molecule has 4 rings (SSSR count). The number of hydrogen-bond acceptors (Lipinski definition) is 4. The minimum atomic E-state index is -4.37. The number of fused-ring (bicyclic) bond motifs is 1. The molecule has 2 N–H and O–H groups in total. The zero-order valence-corrected chi connectivity index (χ0v) is 14.1. The number of alkyl halides is 3. The number of aromatic nitrogens is 4. The Morgan fingerprint density at radius 3 is 2.88 bits per heavy atom. The summed E-state index contributed by atoms with van der Waals surface area (Å²) in [5, 5.41) is 13.7. The van der Waals surface area contributed by atoms with Gasteiger partial charge in [0.05, 0.1) is 11.7 Å². The number of carbonyl (C=O) groups is 1. The zero-order chi connectivity index (χ0) is 18.5. The summed E-state index contributed by atoms with van der Waals surface area (Å²) < 4.78 is 41.2. The van der Waals surface area contributed by atoms with Crippen molar-refractivity contribution in [1.82, 2.24) is 24.9 Å². The molecule has 0 saturated carbocycles. The second kappa shape index (κ2) is 6.03. The lowest BCUT2D eigenvalue weighted by atomic mass is 10.1. The molecule has 1 unspecified atom stereocenters. The molecule has 2 aliphatic heterocycles. The summed E-state index contributed by atoms with van der Waals surface area (Å²) in [6.45, 7) is 2.26. The molecule has 2 aliphatic rings. The first-order valence-electron chi connectivity index (χ1n) is 8.57. The van der Waals surface area contributed by atoms with Gasteiger partial charge in [0.1, 0.15) is 11.5 Å². The summed E-state index contributed by atoms with van der Waals surface area (Å²) in [6.07, 6.45) is -1.50. The molecule has 0 spiro atoms. The van der Waals surface area contributed by atoms with Crippen LogP contribution >= 0.6 is 0 Å². The van der Waals surface area contributed by atoms with Gasteiger partial charge in [0.25, 0.3) is 5.91 Å². The van der Waals surface area contributed by atoms with Crippen LogP contribution in [0, 0.1) is 0 Å². The number of aromatic amines is 1. The molecule has 0 aliphatic carbocycles. The second-order valence-electron chi connectivity index (χ2n) is 6.86. The van der Waals surface area contributed by atoms with Crippen molar-refractivity contribution in [3.63, 3.8) is 0 Å². The summed E-state index contributed by atoms with van der Waals surface area (Å²) in [7, 11) is 0. The van der Waals surface area contributed by atoms with Crippen LogP contribution in [0.4, 0.5) is 19.0 Å². The van der Waals surface area contributed by atoms with E-state index in [-0.39, 0.29) is 24.4 Å². The lowest BCUT2D eigenvalue weighted by Crippen LogP contribution is -2.38. The third-order valence-electron chi connectivity index (χ3n) is 4.99. The van der Waals surface area contributed by atoms with E-state index in [2.05, 4.69) is 20.6 Å². The van der Waals surface area contributed by atoms with Gasteiger partial charge in [-0.1, -0.05) is 0 Å². The fraction of sp³-hybridized carbons (Fsp3) is 0.562. The lowest BCUT2D eigenvalue weighted by molar-refractivity contribution is -0.173. The number of anilines is 1. The van der Waals surface area contributed by atoms with Crippen molar-refractivity contribution in [2.45, 2.75) is 50.5 Å². The van der Waals surface area contributed by atoms with Crippen LogP contribution in [0.5, 0.6) is 0 Å². The molecule has 2 aromatic rings. The third kappa shape index (κ3) is 2.82. The maximum absolute atomic E-state index is 13.4. The number of nitrogens with one attached hydrogen (secondary N) is 2. The highest BCUT2D eigenvalue weighted by Crippen LogP contribution is 2.41. The zero-order valence-electron chi connectivity index (χ0n) is 14.1. The van der Waals surface area contributed by atoms with E-state index in [1.54, 1.807) is 24.0 Å². The summed E-state index contributed by atoms with van der Waals surface area (Å²) in [5.41, 5.74) is 0.849. The Labute approximate surface area is 147 Å². The van der Waals surface area contributed by atoms with Crippen molar-refractivity contribution in [3.05, 3.63) is 29.7 Å². The average Bonchev–Trinajstić information content (AvgIpc) is 3.31. The van der Waals surface area contributed by atoms with Crippen molar-refractivity contribution in [2.24, 2.45) is 0 Å². The Hall–Kier alpha value is -2.52. The topological polar surface area (TPSA) is 78.8 Å². The van der Waals surface area contributed by atoms with Crippen LogP contribution < -0.4 is 5.32 Å². The number of carbonyl (C=O) groups excluding carboxylic acids is 1. The molecule has 0 aromatic carbocycles. The van der Waals surface area contributed by atoms with E-state index < -0.39 is 12.2 Å². The number of rotatable bonds is 2. The summed E-state index contributed by atoms with van der Waals surface area (Å²) in [5.74, 6) is 0.131. The summed E-state index contributed by atoms with van der Waals surface area (Å²) in [4.78, 5) is 14.3. The molecule has 140 valence electrons. The van der Waals surface area contributed by atoms with Gasteiger partial charge >= 0.3 is 6.18 Å². The molecule has 4 heterocycles. The first-order valence-corrected chi connectivity index (χ1v) is 8.57. The van der Waals surface area contributed by atoms with Crippen LogP contribution in [0.2, 0.25) is 0 Å². The van der Waals surface area contributed by atoms with Crippen molar-refractivity contribution in [3.8, 4) is 0 Å². The van der Waals surface area contributed by atoms with Gasteiger partial charge in [-0.15, -0.1) is 0 Å². The maximum Gasteiger partial charge on any atom is 0.410 e. The van der Waals surface area contributed by atoms with E-state index in [1.165, 1.54) is 6.20 Å². The second-order valence-corrected chi connectivity index (χ2v) is 6.86. The Balaban J connectivity index is 1.65. The van der Waals surface area contributed by atoms with E-state index in [0.29, 0.717) is 30.2 Å². The van der Waals surface area contributed by atoms with E-state index in [1.807, 2.05) is 0 Å². The maximum atomic E-state index is 13.4. The summed E-state index contributed by atoms with van der Waals surface area (Å²) in [6, 6.07) is 0.928. The van der Waals surface area contributed by atoms with Crippen molar-refractivity contribution in [2.75, 3.05) is 11.9 Å².